The Morgan fingerprint density at radius 3 is 2.85 bits per heavy atom. The molecular weight excluding hydrogens is 274 g/mol. The second kappa shape index (κ2) is 6.56. The van der Waals surface area contributed by atoms with Gasteiger partial charge in [-0.25, -0.2) is 4.98 Å². The van der Waals surface area contributed by atoms with Crippen LogP contribution in [-0.2, 0) is 10.5 Å². The number of carbonyl (C=O) groups is 1. The van der Waals surface area contributed by atoms with Crippen molar-refractivity contribution in [2.24, 2.45) is 0 Å². The number of pyridine rings is 1. The largest absolute Gasteiger partial charge is 0.361 e. The molecule has 2 rings (SSSR count). The molecule has 0 atom stereocenters. The van der Waals surface area contributed by atoms with Crippen LogP contribution in [0, 0.1) is 20.8 Å². The van der Waals surface area contributed by atoms with Crippen molar-refractivity contribution >= 4 is 23.5 Å². The molecule has 6 heteroatoms. The number of aryl methyl sites for hydroxylation is 3. The van der Waals surface area contributed by atoms with E-state index in [1.165, 1.54) is 11.8 Å². The minimum absolute atomic E-state index is 0.0523. The molecule has 0 aromatic carbocycles. The van der Waals surface area contributed by atoms with Gasteiger partial charge in [0, 0.05) is 17.5 Å². The minimum atomic E-state index is -0.0523. The maximum atomic E-state index is 11.9. The summed E-state index contributed by atoms with van der Waals surface area (Å²) in [5.41, 5.74) is 2.91. The summed E-state index contributed by atoms with van der Waals surface area (Å²) in [6.45, 7) is 5.70. The first-order valence-corrected chi connectivity index (χ1v) is 7.44. The third-order valence-electron chi connectivity index (χ3n) is 2.93. The van der Waals surface area contributed by atoms with Gasteiger partial charge < -0.3 is 9.84 Å². The van der Waals surface area contributed by atoms with E-state index < -0.39 is 0 Å². The first kappa shape index (κ1) is 14.6. The van der Waals surface area contributed by atoms with Gasteiger partial charge in [-0.05, 0) is 32.4 Å². The van der Waals surface area contributed by atoms with Crippen molar-refractivity contribution < 1.29 is 9.32 Å². The Bertz CT molecular complexity index is 591. The van der Waals surface area contributed by atoms with E-state index in [-0.39, 0.29) is 5.91 Å². The monoisotopic (exact) mass is 291 g/mol. The fraction of sp³-hybridized carbons (Fsp3) is 0.357. The zero-order valence-corrected chi connectivity index (χ0v) is 12.6. The van der Waals surface area contributed by atoms with Crippen LogP contribution in [0.5, 0.6) is 0 Å². The molecule has 0 saturated heterocycles. The summed E-state index contributed by atoms with van der Waals surface area (Å²) in [4.78, 5) is 16.0. The normalized spacial score (nSPS) is 10.6. The lowest BCUT2D eigenvalue weighted by molar-refractivity contribution is -0.113. The maximum absolute atomic E-state index is 11.9. The van der Waals surface area contributed by atoms with E-state index in [0.29, 0.717) is 11.6 Å². The zero-order valence-electron chi connectivity index (χ0n) is 11.8. The molecule has 2 aromatic heterocycles. The van der Waals surface area contributed by atoms with Gasteiger partial charge in [0.2, 0.25) is 5.91 Å². The Morgan fingerprint density at radius 1 is 1.40 bits per heavy atom. The highest BCUT2D eigenvalue weighted by Crippen LogP contribution is 2.19. The molecule has 0 unspecified atom stereocenters. The van der Waals surface area contributed by atoms with Crippen molar-refractivity contribution in [1.29, 1.82) is 0 Å². The smallest absolute Gasteiger partial charge is 0.235 e. The highest BCUT2D eigenvalue weighted by Gasteiger charge is 2.10. The van der Waals surface area contributed by atoms with Crippen LogP contribution in [0.25, 0.3) is 0 Å². The van der Waals surface area contributed by atoms with Crippen LogP contribution < -0.4 is 5.32 Å². The van der Waals surface area contributed by atoms with Crippen LogP contribution in [0.4, 0.5) is 5.82 Å². The maximum Gasteiger partial charge on any atom is 0.235 e. The number of anilines is 1. The van der Waals surface area contributed by atoms with Crippen molar-refractivity contribution in [1.82, 2.24) is 10.1 Å². The van der Waals surface area contributed by atoms with Crippen LogP contribution in [0.15, 0.2) is 22.9 Å². The summed E-state index contributed by atoms with van der Waals surface area (Å²) >= 11 is 1.53. The van der Waals surface area contributed by atoms with Gasteiger partial charge in [0.25, 0.3) is 0 Å². The number of aromatic nitrogens is 2. The predicted molar refractivity (Wildman–Crippen MR) is 79.7 cm³/mol. The Labute approximate surface area is 122 Å². The molecule has 0 aliphatic carbocycles. The van der Waals surface area contributed by atoms with Crippen LogP contribution in [0.1, 0.15) is 22.6 Å². The van der Waals surface area contributed by atoms with E-state index in [4.69, 9.17) is 4.52 Å². The Kier molecular flexibility index (Phi) is 4.79. The molecule has 5 nitrogen and oxygen atoms in total. The Balaban J connectivity index is 1.83. The van der Waals surface area contributed by atoms with Gasteiger partial charge in [-0.1, -0.05) is 11.2 Å². The summed E-state index contributed by atoms with van der Waals surface area (Å²) < 4.78 is 5.09. The van der Waals surface area contributed by atoms with E-state index in [2.05, 4.69) is 15.5 Å². The van der Waals surface area contributed by atoms with Crippen molar-refractivity contribution in [3.63, 3.8) is 0 Å². The second-order valence-corrected chi connectivity index (χ2v) is 5.50. The fourth-order valence-electron chi connectivity index (χ4n) is 1.74. The van der Waals surface area contributed by atoms with Gasteiger partial charge in [0.1, 0.15) is 11.6 Å². The van der Waals surface area contributed by atoms with Crippen molar-refractivity contribution in [3.05, 3.63) is 40.9 Å². The third kappa shape index (κ3) is 3.60. The number of nitrogens with one attached hydrogen (secondary N) is 1. The lowest BCUT2D eigenvalue weighted by atomic mass is 10.2. The van der Waals surface area contributed by atoms with Gasteiger partial charge in [-0.2, -0.15) is 0 Å². The minimum Gasteiger partial charge on any atom is -0.361 e. The van der Waals surface area contributed by atoms with Crippen LogP contribution in [-0.4, -0.2) is 21.8 Å². The molecular formula is C14H17N3O2S. The van der Waals surface area contributed by atoms with E-state index in [1.54, 1.807) is 6.20 Å². The molecule has 0 aliphatic heterocycles. The number of amides is 1. The fourth-order valence-corrected chi connectivity index (χ4v) is 2.71. The van der Waals surface area contributed by atoms with Crippen molar-refractivity contribution in [2.45, 2.75) is 26.5 Å². The van der Waals surface area contributed by atoms with Crippen LogP contribution >= 0.6 is 11.8 Å². The SMILES string of the molecule is Cc1cccnc1NC(=O)CSCc1c(C)noc1C. The summed E-state index contributed by atoms with van der Waals surface area (Å²) in [5.74, 6) is 2.48. The van der Waals surface area contributed by atoms with E-state index >= 15 is 0 Å². The average molecular weight is 291 g/mol. The molecule has 0 radical (unpaired) electrons. The van der Waals surface area contributed by atoms with Crippen LogP contribution in [0.2, 0.25) is 0 Å². The molecule has 20 heavy (non-hydrogen) atoms. The number of hydrogen-bond donors (Lipinski definition) is 1. The Hall–Kier alpha value is -1.82. The zero-order chi connectivity index (χ0) is 14.5. The summed E-state index contributed by atoms with van der Waals surface area (Å²) in [5, 5.41) is 6.70. The van der Waals surface area contributed by atoms with Gasteiger partial charge in [-0.15, -0.1) is 11.8 Å². The number of rotatable bonds is 5. The van der Waals surface area contributed by atoms with Gasteiger partial charge in [0.15, 0.2) is 0 Å². The van der Waals surface area contributed by atoms with Gasteiger partial charge in [0.05, 0.1) is 11.4 Å². The lowest BCUT2D eigenvalue weighted by Crippen LogP contribution is -2.16. The van der Waals surface area contributed by atoms with Crippen LogP contribution in [0.3, 0.4) is 0 Å². The Morgan fingerprint density at radius 2 is 2.20 bits per heavy atom. The van der Waals surface area contributed by atoms with E-state index in [9.17, 15) is 4.79 Å². The highest BCUT2D eigenvalue weighted by atomic mass is 32.2. The molecule has 2 aromatic rings. The van der Waals surface area contributed by atoms with Crippen molar-refractivity contribution in [3.8, 4) is 0 Å². The number of nitrogens with zero attached hydrogens (tertiary/aromatic N) is 2. The molecule has 0 bridgehead atoms. The molecule has 1 amide bonds. The lowest BCUT2D eigenvalue weighted by Gasteiger charge is -2.06. The molecule has 1 N–H and O–H groups in total. The number of thioether (sulfide) groups is 1. The van der Waals surface area contributed by atoms with Crippen molar-refractivity contribution in [2.75, 3.05) is 11.1 Å². The number of carbonyl (C=O) groups excluding carboxylic acids is 1. The quantitative estimate of drug-likeness (QED) is 0.917. The molecule has 0 saturated carbocycles. The van der Waals surface area contributed by atoms with E-state index in [0.717, 1.165) is 28.3 Å². The summed E-state index contributed by atoms with van der Waals surface area (Å²) in [6, 6.07) is 3.76. The molecule has 0 spiro atoms. The second-order valence-electron chi connectivity index (χ2n) is 4.51. The molecule has 0 fully saturated rings. The highest BCUT2D eigenvalue weighted by molar-refractivity contribution is 7.99. The molecule has 2 heterocycles. The van der Waals surface area contributed by atoms with E-state index in [1.807, 2.05) is 32.9 Å². The standard InChI is InChI=1S/C14H17N3O2S/c1-9-5-4-6-15-14(9)16-13(18)8-20-7-12-10(2)17-19-11(12)3/h4-6H,7-8H2,1-3H3,(H,15,16,18). The summed E-state index contributed by atoms with van der Waals surface area (Å²) in [6.07, 6.45) is 1.67. The molecule has 0 aliphatic rings. The topological polar surface area (TPSA) is 68.0 Å². The average Bonchev–Trinajstić information content (AvgIpc) is 2.73. The first-order valence-electron chi connectivity index (χ1n) is 6.29. The molecule has 106 valence electrons. The van der Waals surface area contributed by atoms with Gasteiger partial charge in [-0.3, -0.25) is 4.79 Å². The first-order chi connectivity index (χ1) is 9.58. The third-order valence-corrected chi connectivity index (χ3v) is 3.89. The number of hydrogen-bond acceptors (Lipinski definition) is 5. The predicted octanol–water partition coefficient (Wildman–Crippen LogP) is 2.87. The summed E-state index contributed by atoms with van der Waals surface area (Å²) in [7, 11) is 0. The van der Waals surface area contributed by atoms with Gasteiger partial charge >= 0.3 is 0 Å².